The van der Waals surface area contributed by atoms with Gasteiger partial charge in [0.2, 0.25) is 5.91 Å². The Balaban J connectivity index is 0.00000264. The summed E-state index contributed by atoms with van der Waals surface area (Å²) in [6.07, 6.45) is 1.66. The summed E-state index contributed by atoms with van der Waals surface area (Å²) in [5.74, 6) is -2.19. The van der Waals surface area contributed by atoms with Gasteiger partial charge >= 0.3 is 0 Å². The van der Waals surface area contributed by atoms with Crippen molar-refractivity contribution in [2.24, 2.45) is 5.41 Å². The van der Waals surface area contributed by atoms with Crippen LogP contribution in [0.1, 0.15) is 18.4 Å². The van der Waals surface area contributed by atoms with E-state index in [0.29, 0.717) is 13.2 Å². The highest BCUT2D eigenvalue weighted by Crippen LogP contribution is 2.28. The van der Waals surface area contributed by atoms with Gasteiger partial charge in [-0.05, 0) is 32.0 Å². The van der Waals surface area contributed by atoms with Crippen LogP contribution in [0, 0.1) is 17.0 Å². The molecule has 130 valence electrons. The fraction of sp³-hybridized carbons (Fsp3) is 0.562. The Hall–Kier alpha value is -1.24. The fourth-order valence-corrected chi connectivity index (χ4v) is 2.84. The predicted molar refractivity (Wildman–Crippen MR) is 86.7 cm³/mol. The third kappa shape index (κ3) is 5.41. The Labute approximate surface area is 141 Å². The lowest BCUT2D eigenvalue weighted by molar-refractivity contribution is -0.121. The van der Waals surface area contributed by atoms with Crippen molar-refractivity contribution < 1.29 is 18.3 Å². The molecule has 1 aliphatic rings. The molecule has 1 aromatic carbocycles. The Kier molecular flexibility index (Phi) is 7.88. The minimum Gasteiger partial charge on any atom is -0.384 e. The summed E-state index contributed by atoms with van der Waals surface area (Å²) in [5.41, 5.74) is -0.0144. The molecule has 1 aromatic rings. The highest BCUT2D eigenvalue weighted by molar-refractivity contribution is 5.85. The molecule has 2 N–H and O–H groups in total. The third-order valence-electron chi connectivity index (χ3n) is 4.16. The van der Waals surface area contributed by atoms with Crippen molar-refractivity contribution in [1.82, 2.24) is 10.6 Å². The number of rotatable bonds is 6. The van der Waals surface area contributed by atoms with E-state index in [1.54, 1.807) is 7.11 Å². The van der Waals surface area contributed by atoms with E-state index < -0.39 is 11.6 Å². The Bertz CT molecular complexity index is 517. The Morgan fingerprint density at radius 1 is 1.35 bits per heavy atom. The average molecular weight is 349 g/mol. The molecule has 7 heteroatoms. The predicted octanol–water partition coefficient (Wildman–Crippen LogP) is 2.06. The first kappa shape index (κ1) is 19.8. The second-order valence-electron chi connectivity index (χ2n) is 5.85. The van der Waals surface area contributed by atoms with E-state index in [9.17, 15) is 13.6 Å². The summed E-state index contributed by atoms with van der Waals surface area (Å²) >= 11 is 0. The molecule has 1 saturated heterocycles. The van der Waals surface area contributed by atoms with E-state index in [0.717, 1.165) is 32.0 Å². The van der Waals surface area contributed by atoms with Crippen molar-refractivity contribution >= 4 is 18.3 Å². The third-order valence-corrected chi connectivity index (χ3v) is 4.16. The zero-order valence-electron chi connectivity index (χ0n) is 13.2. The molecule has 0 atom stereocenters. The molecule has 23 heavy (non-hydrogen) atoms. The molecule has 0 saturated carbocycles. The van der Waals surface area contributed by atoms with Crippen molar-refractivity contribution in [2.45, 2.75) is 19.3 Å². The highest BCUT2D eigenvalue weighted by Gasteiger charge is 2.32. The van der Waals surface area contributed by atoms with Crippen LogP contribution in [0.5, 0.6) is 0 Å². The van der Waals surface area contributed by atoms with Crippen LogP contribution in [0.2, 0.25) is 0 Å². The molecule has 0 unspecified atom stereocenters. The van der Waals surface area contributed by atoms with E-state index in [-0.39, 0.29) is 35.7 Å². The summed E-state index contributed by atoms with van der Waals surface area (Å²) in [6.45, 7) is 2.83. The van der Waals surface area contributed by atoms with E-state index in [2.05, 4.69) is 10.6 Å². The molecule has 0 aromatic heterocycles. The van der Waals surface area contributed by atoms with Gasteiger partial charge < -0.3 is 15.4 Å². The van der Waals surface area contributed by atoms with E-state index >= 15 is 0 Å². The molecule has 0 radical (unpaired) electrons. The SMILES string of the molecule is COCC1(CNC(=O)Cc2cccc(F)c2F)CCNCC1.Cl. The maximum Gasteiger partial charge on any atom is 0.224 e. The number of carbonyl (C=O) groups excluding carboxylic acids is 1. The maximum atomic E-state index is 13.6. The highest BCUT2D eigenvalue weighted by atomic mass is 35.5. The minimum atomic E-state index is -0.953. The van der Waals surface area contributed by atoms with Crippen molar-refractivity contribution in [3.8, 4) is 0 Å². The van der Waals surface area contributed by atoms with Gasteiger partial charge in [0, 0.05) is 24.6 Å². The van der Waals surface area contributed by atoms with E-state index in [4.69, 9.17) is 4.74 Å². The summed E-state index contributed by atoms with van der Waals surface area (Å²) in [5, 5.41) is 6.12. The van der Waals surface area contributed by atoms with Crippen molar-refractivity contribution in [3.05, 3.63) is 35.4 Å². The second-order valence-corrected chi connectivity index (χ2v) is 5.85. The number of nitrogens with one attached hydrogen (secondary N) is 2. The lowest BCUT2D eigenvalue weighted by atomic mass is 9.79. The number of carbonyl (C=O) groups is 1. The van der Waals surface area contributed by atoms with Crippen LogP contribution in [-0.2, 0) is 16.0 Å². The van der Waals surface area contributed by atoms with Gasteiger partial charge in [0.05, 0.1) is 13.0 Å². The van der Waals surface area contributed by atoms with Gasteiger partial charge in [0.1, 0.15) is 0 Å². The van der Waals surface area contributed by atoms with Gasteiger partial charge in [-0.15, -0.1) is 12.4 Å². The van der Waals surface area contributed by atoms with E-state index in [1.807, 2.05) is 0 Å². The minimum absolute atomic E-state index is 0. The summed E-state index contributed by atoms with van der Waals surface area (Å²) < 4.78 is 32.0. The summed E-state index contributed by atoms with van der Waals surface area (Å²) in [6, 6.07) is 3.87. The largest absolute Gasteiger partial charge is 0.384 e. The topological polar surface area (TPSA) is 50.4 Å². The Morgan fingerprint density at radius 2 is 2.04 bits per heavy atom. The second kappa shape index (κ2) is 9.15. The monoisotopic (exact) mass is 348 g/mol. The van der Waals surface area contributed by atoms with Gasteiger partial charge in [-0.1, -0.05) is 12.1 Å². The van der Waals surface area contributed by atoms with Crippen molar-refractivity contribution in [2.75, 3.05) is 33.4 Å². The number of halogens is 3. The van der Waals surface area contributed by atoms with Gasteiger partial charge in [-0.25, -0.2) is 8.78 Å². The van der Waals surface area contributed by atoms with Crippen LogP contribution in [-0.4, -0.2) is 39.3 Å². The average Bonchev–Trinajstić information content (AvgIpc) is 2.51. The van der Waals surface area contributed by atoms with Crippen LogP contribution in [0.4, 0.5) is 8.78 Å². The number of ether oxygens (including phenoxy) is 1. The fourth-order valence-electron chi connectivity index (χ4n) is 2.84. The van der Waals surface area contributed by atoms with Gasteiger partial charge in [-0.2, -0.15) is 0 Å². The molecular formula is C16H23ClF2N2O2. The number of methoxy groups -OCH3 is 1. The summed E-state index contributed by atoms with van der Waals surface area (Å²) in [7, 11) is 1.65. The van der Waals surface area contributed by atoms with Crippen LogP contribution >= 0.6 is 12.4 Å². The summed E-state index contributed by atoms with van der Waals surface area (Å²) in [4.78, 5) is 12.0. The normalized spacial score (nSPS) is 16.5. The lowest BCUT2D eigenvalue weighted by Gasteiger charge is -2.37. The molecule has 0 aliphatic carbocycles. The van der Waals surface area contributed by atoms with Gasteiger partial charge in [-0.3, -0.25) is 4.79 Å². The molecule has 0 spiro atoms. The molecule has 1 aliphatic heterocycles. The molecule has 2 rings (SSSR count). The zero-order chi connectivity index (χ0) is 16.0. The lowest BCUT2D eigenvalue weighted by Crippen LogP contribution is -2.47. The van der Waals surface area contributed by atoms with Crippen molar-refractivity contribution in [1.29, 1.82) is 0 Å². The van der Waals surface area contributed by atoms with E-state index in [1.165, 1.54) is 12.1 Å². The number of hydrogen-bond acceptors (Lipinski definition) is 3. The first-order chi connectivity index (χ1) is 10.6. The molecule has 0 bridgehead atoms. The molecule has 1 heterocycles. The molecule has 1 fully saturated rings. The smallest absolute Gasteiger partial charge is 0.224 e. The number of piperidine rings is 1. The number of benzene rings is 1. The van der Waals surface area contributed by atoms with Gasteiger partial charge in [0.25, 0.3) is 0 Å². The zero-order valence-corrected chi connectivity index (χ0v) is 14.0. The Morgan fingerprint density at radius 3 is 2.70 bits per heavy atom. The van der Waals surface area contributed by atoms with Crippen LogP contribution in [0.25, 0.3) is 0 Å². The molecular weight excluding hydrogens is 326 g/mol. The van der Waals surface area contributed by atoms with Crippen LogP contribution in [0.15, 0.2) is 18.2 Å². The number of amides is 1. The van der Waals surface area contributed by atoms with Gasteiger partial charge in [0.15, 0.2) is 11.6 Å². The van der Waals surface area contributed by atoms with Crippen molar-refractivity contribution in [3.63, 3.8) is 0 Å². The van der Waals surface area contributed by atoms with Crippen LogP contribution < -0.4 is 10.6 Å². The van der Waals surface area contributed by atoms with Crippen LogP contribution in [0.3, 0.4) is 0 Å². The first-order valence-electron chi connectivity index (χ1n) is 7.46. The molecule has 1 amide bonds. The molecule has 4 nitrogen and oxygen atoms in total. The standard InChI is InChI=1S/C16H22F2N2O2.ClH/c1-22-11-16(5-7-19-8-6-16)10-20-14(21)9-12-3-2-4-13(17)15(12)18;/h2-4,19H,5-11H2,1H3,(H,20,21);1H. The number of hydrogen-bond donors (Lipinski definition) is 2. The quantitative estimate of drug-likeness (QED) is 0.827. The maximum absolute atomic E-state index is 13.6. The first-order valence-corrected chi connectivity index (χ1v) is 7.46.